The Hall–Kier alpha value is -2.74. The standard InChI is InChI=1S/C13H10.C7H8O2/c1-3-7-12-10(5-1)9-11-6-2-4-8-13(11)12;1-5-4-6(8)2-3-7(5)9/h1-8H,9H2;2-4,8-9H,1H3. The molecule has 0 amide bonds. The van der Waals surface area contributed by atoms with Gasteiger partial charge in [0, 0.05) is 0 Å². The minimum absolute atomic E-state index is 0.185. The second-order valence-corrected chi connectivity index (χ2v) is 5.46. The van der Waals surface area contributed by atoms with Gasteiger partial charge in [-0.1, -0.05) is 48.5 Å². The van der Waals surface area contributed by atoms with E-state index in [-0.39, 0.29) is 11.5 Å². The van der Waals surface area contributed by atoms with Crippen LogP contribution in [0.4, 0.5) is 0 Å². The summed E-state index contributed by atoms with van der Waals surface area (Å²) in [6.45, 7) is 1.73. The predicted molar refractivity (Wildman–Crippen MR) is 89.2 cm³/mol. The molecule has 0 unspecified atom stereocenters. The molecule has 0 fully saturated rings. The maximum atomic E-state index is 8.93. The van der Waals surface area contributed by atoms with E-state index in [4.69, 9.17) is 10.2 Å². The minimum Gasteiger partial charge on any atom is -0.508 e. The van der Waals surface area contributed by atoms with Gasteiger partial charge in [0.1, 0.15) is 11.5 Å². The largest absolute Gasteiger partial charge is 0.508 e. The van der Waals surface area contributed by atoms with Crippen LogP contribution < -0.4 is 0 Å². The Morgan fingerprint density at radius 3 is 1.77 bits per heavy atom. The zero-order valence-corrected chi connectivity index (χ0v) is 12.5. The molecule has 0 atom stereocenters. The molecule has 0 heterocycles. The molecule has 0 spiro atoms. The lowest BCUT2D eigenvalue weighted by atomic mass is 10.1. The van der Waals surface area contributed by atoms with Gasteiger partial charge < -0.3 is 10.2 Å². The van der Waals surface area contributed by atoms with E-state index in [1.807, 2.05) is 0 Å². The first-order valence-electron chi connectivity index (χ1n) is 7.30. The van der Waals surface area contributed by atoms with Gasteiger partial charge in [-0.3, -0.25) is 0 Å². The van der Waals surface area contributed by atoms with Crippen LogP contribution in [0.5, 0.6) is 11.5 Å². The van der Waals surface area contributed by atoms with Crippen molar-refractivity contribution in [2.75, 3.05) is 0 Å². The third kappa shape index (κ3) is 2.82. The quantitative estimate of drug-likeness (QED) is 0.462. The highest BCUT2D eigenvalue weighted by molar-refractivity contribution is 5.76. The Bertz CT molecular complexity index is 763. The van der Waals surface area contributed by atoms with Crippen LogP contribution in [0.2, 0.25) is 0 Å². The Balaban J connectivity index is 0.000000142. The summed E-state index contributed by atoms with van der Waals surface area (Å²) >= 11 is 0. The molecule has 3 aromatic carbocycles. The van der Waals surface area contributed by atoms with E-state index in [2.05, 4.69) is 48.5 Å². The fraction of sp³-hybridized carbons (Fsp3) is 0.100. The summed E-state index contributed by atoms with van der Waals surface area (Å²) < 4.78 is 0. The molecule has 0 aromatic heterocycles. The average molecular weight is 290 g/mol. The van der Waals surface area contributed by atoms with Crippen molar-refractivity contribution in [1.82, 2.24) is 0 Å². The van der Waals surface area contributed by atoms with E-state index in [0.717, 1.165) is 6.42 Å². The van der Waals surface area contributed by atoms with E-state index in [9.17, 15) is 0 Å². The zero-order valence-electron chi connectivity index (χ0n) is 12.5. The Labute approximate surface area is 130 Å². The third-order valence-electron chi connectivity index (χ3n) is 3.89. The smallest absolute Gasteiger partial charge is 0.118 e. The molecule has 22 heavy (non-hydrogen) atoms. The fourth-order valence-corrected chi connectivity index (χ4v) is 2.72. The van der Waals surface area contributed by atoms with Gasteiger partial charge in [0.05, 0.1) is 0 Å². The number of fused-ring (bicyclic) bond motifs is 3. The lowest BCUT2D eigenvalue weighted by Gasteiger charge is -1.98. The van der Waals surface area contributed by atoms with Gasteiger partial charge in [-0.15, -0.1) is 0 Å². The summed E-state index contributed by atoms with van der Waals surface area (Å²) in [5.41, 5.74) is 6.44. The first-order valence-corrected chi connectivity index (χ1v) is 7.30. The van der Waals surface area contributed by atoms with E-state index < -0.39 is 0 Å². The summed E-state index contributed by atoms with van der Waals surface area (Å²) in [7, 11) is 0. The second kappa shape index (κ2) is 5.94. The summed E-state index contributed by atoms with van der Waals surface area (Å²) in [5.74, 6) is 0.401. The van der Waals surface area contributed by atoms with Crippen LogP contribution in [0.3, 0.4) is 0 Å². The monoisotopic (exact) mass is 290 g/mol. The maximum absolute atomic E-state index is 8.93. The maximum Gasteiger partial charge on any atom is 0.118 e. The lowest BCUT2D eigenvalue weighted by Crippen LogP contribution is -1.77. The van der Waals surface area contributed by atoms with E-state index in [1.165, 1.54) is 40.5 Å². The molecule has 0 saturated carbocycles. The lowest BCUT2D eigenvalue weighted by molar-refractivity contribution is 0.456. The molecule has 0 saturated heterocycles. The van der Waals surface area contributed by atoms with Gasteiger partial charge in [-0.05, 0) is 59.4 Å². The van der Waals surface area contributed by atoms with E-state index in [0.29, 0.717) is 5.56 Å². The summed E-state index contributed by atoms with van der Waals surface area (Å²) in [4.78, 5) is 0. The van der Waals surface area contributed by atoms with Gasteiger partial charge in [-0.25, -0.2) is 0 Å². The van der Waals surface area contributed by atoms with Gasteiger partial charge in [0.25, 0.3) is 0 Å². The molecule has 0 radical (unpaired) electrons. The zero-order chi connectivity index (χ0) is 15.5. The van der Waals surface area contributed by atoms with Crippen LogP contribution in [0.1, 0.15) is 16.7 Å². The van der Waals surface area contributed by atoms with Crippen molar-refractivity contribution >= 4 is 0 Å². The van der Waals surface area contributed by atoms with Crippen molar-refractivity contribution in [3.63, 3.8) is 0 Å². The highest BCUT2D eigenvalue weighted by atomic mass is 16.3. The molecule has 0 bridgehead atoms. The molecular formula is C20H18O2. The van der Waals surface area contributed by atoms with E-state index >= 15 is 0 Å². The molecule has 2 nitrogen and oxygen atoms in total. The van der Waals surface area contributed by atoms with Crippen LogP contribution >= 0.6 is 0 Å². The molecule has 4 rings (SSSR count). The first-order chi connectivity index (χ1) is 10.6. The summed E-state index contributed by atoms with van der Waals surface area (Å²) in [5, 5.41) is 17.8. The molecule has 1 aliphatic rings. The number of benzene rings is 3. The molecule has 3 aromatic rings. The molecule has 110 valence electrons. The number of aryl methyl sites for hydroxylation is 1. The predicted octanol–water partition coefficient (Wildman–Crippen LogP) is 4.66. The Kier molecular flexibility index (Phi) is 3.84. The summed E-state index contributed by atoms with van der Waals surface area (Å²) in [6.07, 6.45) is 1.10. The molecule has 0 aliphatic heterocycles. The van der Waals surface area contributed by atoms with Gasteiger partial charge >= 0.3 is 0 Å². The number of phenols is 2. The number of hydrogen-bond acceptors (Lipinski definition) is 2. The van der Waals surface area contributed by atoms with Gasteiger partial charge in [-0.2, -0.15) is 0 Å². The number of hydrogen-bond donors (Lipinski definition) is 2. The molecular weight excluding hydrogens is 272 g/mol. The average Bonchev–Trinajstić information content (AvgIpc) is 2.91. The van der Waals surface area contributed by atoms with Crippen molar-refractivity contribution in [2.24, 2.45) is 0 Å². The van der Waals surface area contributed by atoms with E-state index in [1.54, 1.807) is 6.92 Å². The highest BCUT2D eigenvalue weighted by Crippen LogP contribution is 2.35. The molecule has 1 aliphatic carbocycles. The molecule has 2 heteroatoms. The van der Waals surface area contributed by atoms with Crippen LogP contribution in [0, 0.1) is 6.92 Å². The fourth-order valence-electron chi connectivity index (χ4n) is 2.72. The number of aromatic hydroxyl groups is 2. The van der Waals surface area contributed by atoms with Gasteiger partial charge in [0.15, 0.2) is 0 Å². The van der Waals surface area contributed by atoms with Crippen molar-refractivity contribution in [3.05, 3.63) is 83.4 Å². The summed E-state index contributed by atoms with van der Waals surface area (Å²) in [6, 6.07) is 21.7. The topological polar surface area (TPSA) is 40.5 Å². The van der Waals surface area contributed by atoms with Crippen molar-refractivity contribution in [3.8, 4) is 22.6 Å². The molecule has 2 N–H and O–H groups in total. The van der Waals surface area contributed by atoms with Gasteiger partial charge in [0.2, 0.25) is 0 Å². The SMILES string of the molecule is Cc1cc(O)ccc1O.c1ccc2c(c1)Cc1ccccc1-2. The van der Waals surface area contributed by atoms with Crippen LogP contribution in [-0.2, 0) is 6.42 Å². The second-order valence-electron chi connectivity index (χ2n) is 5.46. The number of rotatable bonds is 0. The van der Waals surface area contributed by atoms with Crippen molar-refractivity contribution < 1.29 is 10.2 Å². The van der Waals surface area contributed by atoms with Crippen LogP contribution in [-0.4, -0.2) is 10.2 Å². The Morgan fingerprint density at radius 2 is 1.27 bits per heavy atom. The minimum atomic E-state index is 0.185. The van der Waals surface area contributed by atoms with Crippen molar-refractivity contribution in [1.29, 1.82) is 0 Å². The van der Waals surface area contributed by atoms with Crippen LogP contribution in [0.25, 0.3) is 11.1 Å². The highest BCUT2D eigenvalue weighted by Gasteiger charge is 2.15. The number of phenolic OH excluding ortho intramolecular Hbond substituents is 2. The Morgan fingerprint density at radius 1 is 0.727 bits per heavy atom. The van der Waals surface area contributed by atoms with Crippen LogP contribution in [0.15, 0.2) is 66.7 Å². The van der Waals surface area contributed by atoms with Crippen molar-refractivity contribution in [2.45, 2.75) is 13.3 Å². The normalized spacial score (nSPS) is 11.1. The third-order valence-corrected chi connectivity index (χ3v) is 3.89. The first kappa shape index (κ1) is 14.2.